The van der Waals surface area contributed by atoms with Crippen LogP contribution in [0.5, 0.6) is 0 Å². The van der Waals surface area contributed by atoms with Gasteiger partial charge < -0.3 is 14.6 Å². The Morgan fingerprint density at radius 3 is 1.76 bits per heavy atom. The van der Waals surface area contributed by atoms with Gasteiger partial charge in [0.25, 0.3) is 6.48 Å². The summed E-state index contributed by atoms with van der Waals surface area (Å²) in [7, 11) is -1.23. The number of aliphatic hydroxyl groups excluding tert-OH is 1. The maximum absolute atomic E-state index is 12.5. The molecule has 7 heteroatoms. The SMILES string of the molecule is OC(O)O[SiH2]c1ccc(-c2ccc(C(F)(F)F)cc2)cc1. The maximum Gasteiger partial charge on any atom is 0.416 e. The summed E-state index contributed by atoms with van der Waals surface area (Å²) in [6.45, 7) is -1.77. The van der Waals surface area contributed by atoms with Gasteiger partial charge in [0.15, 0.2) is 9.76 Å². The number of halogens is 3. The molecule has 0 spiro atoms. The minimum Gasteiger partial charge on any atom is -0.373 e. The highest BCUT2D eigenvalue weighted by molar-refractivity contribution is 6.46. The third kappa shape index (κ3) is 4.40. The first-order chi connectivity index (χ1) is 9.86. The van der Waals surface area contributed by atoms with Gasteiger partial charge in [-0.05, 0) is 28.4 Å². The summed E-state index contributed by atoms with van der Waals surface area (Å²) in [5, 5.41) is 18.1. The van der Waals surface area contributed by atoms with E-state index in [0.717, 1.165) is 22.9 Å². The van der Waals surface area contributed by atoms with Crippen molar-refractivity contribution in [2.75, 3.05) is 0 Å². The lowest BCUT2D eigenvalue weighted by molar-refractivity contribution is -0.179. The molecular formula is C14H13F3O3Si. The highest BCUT2D eigenvalue weighted by atomic mass is 28.2. The number of benzene rings is 2. The van der Waals surface area contributed by atoms with Crippen LogP contribution in [0.3, 0.4) is 0 Å². The summed E-state index contributed by atoms with van der Waals surface area (Å²) in [4.78, 5) is 0. The lowest BCUT2D eigenvalue weighted by Gasteiger charge is -2.09. The van der Waals surface area contributed by atoms with Gasteiger partial charge in [-0.2, -0.15) is 13.2 Å². The molecule has 0 aromatic heterocycles. The Bertz CT molecular complexity index is 580. The van der Waals surface area contributed by atoms with Crippen LogP contribution in [0.4, 0.5) is 13.2 Å². The standard InChI is InChI=1S/C14H13F3O3Si/c15-14(16,17)11-5-1-9(2-6-11)10-3-7-12(8-4-10)21-20-13(18)19/h1-8,13,18-19H,21H2. The number of hydrogen-bond acceptors (Lipinski definition) is 3. The summed E-state index contributed by atoms with van der Waals surface area (Å²) in [6, 6.07) is 12.0. The predicted octanol–water partition coefficient (Wildman–Crippen LogP) is 1.37. The fourth-order valence-electron chi connectivity index (χ4n) is 1.82. The average Bonchev–Trinajstić information content (AvgIpc) is 2.45. The molecule has 0 aliphatic rings. The Balaban J connectivity index is 2.11. The van der Waals surface area contributed by atoms with Crippen LogP contribution in [0.2, 0.25) is 0 Å². The minimum atomic E-state index is -4.34. The van der Waals surface area contributed by atoms with Gasteiger partial charge in [-0.3, -0.25) is 0 Å². The van der Waals surface area contributed by atoms with E-state index in [-0.39, 0.29) is 0 Å². The Labute approximate surface area is 121 Å². The zero-order valence-corrected chi connectivity index (χ0v) is 12.3. The molecule has 2 N–H and O–H groups in total. The van der Waals surface area contributed by atoms with Gasteiger partial charge in [0.1, 0.15) is 0 Å². The van der Waals surface area contributed by atoms with Crippen LogP contribution in [0.1, 0.15) is 5.56 Å². The average molecular weight is 314 g/mol. The summed E-state index contributed by atoms with van der Waals surface area (Å²) in [6.07, 6.45) is -4.34. The highest BCUT2D eigenvalue weighted by Crippen LogP contribution is 2.30. The van der Waals surface area contributed by atoms with E-state index < -0.39 is 28.0 Å². The lowest BCUT2D eigenvalue weighted by atomic mass is 10.0. The van der Waals surface area contributed by atoms with Gasteiger partial charge in [-0.25, -0.2) is 0 Å². The summed E-state index contributed by atoms with van der Waals surface area (Å²) < 4.78 is 42.2. The topological polar surface area (TPSA) is 49.7 Å². The molecule has 0 unspecified atom stereocenters. The second-order valence-electron chi connectivity index (χ2n) is 4.41. The highest BCUT2D eigenvalue weighted by Gasteiger charge is 2.29. The molecule has 0 atom stereocenters. The third-order valence-electron chi connectivity index (χ3n) is 2.90. The van der Waals surface area contributed by atoms with Crippen molar-refractivity contribution in [2.24, 2.45) is 0 Å². The number of hydrogen-bond donors (Lipinski definition) is 2. The zero-order valence-electron chi connectivity index (χ0n) is 10.8. The van der Waals surface area contributed by atoms with E-state index in [9.17, 15) is 13.2 Å². The second-order valence-corrected chi connectivity index (χ2v) is 5.85. The molecule has 0 amide bonds. The van der Waals surface area contributed by atoms with E-state index in [0.29, 0.717) is 5.56 Å². The molecule has 2 aromatic rings. The van der Waals surface area contributed by atoms with Gasteiger partial charge in [-0.1, -0.05) is 36.4 Å². The van der Waals surface area contributed by atoms with Crippen molar-refractivity contribution in [3.05, 3.63) is 54.1 Å². The Morgan fingerprint density at radius 1 is 0.857 bits per heavy atom. The largest absolute Gasteiger partial charge is 0.416 e. The van der Waals surface area contributed by atoms with Crippen molar-refractivity contribution in [3.63, 3.8) is 0 Å². The summed E-state index contributed by atoms with van der Waals surface area (Å²) in [5.41, 5.74) is 0.783. The Morgan fingerprint density at radius 2 is 1.33 bits per heavy atom. The molecule has 21 heavy (non-hydrogen) atoms. The normalized spacial score (nSPS) is 12.5. The van der Waals surface area contributed by atoms with Crippen LogP contribution in [0.25, 0.3) is 11.1 Å². The molecule has 0 aliphatic heterocycles. The van der Waals surface area contributed by atoms with Gasteiger partial charge in [0.2, 0.25) is 0 Å². The van der Waals surface area contributed by atoms with Crippen LogP contribution in [0, 0.1) is 0 Å². The molecule has 0 saturated heterocycles. The monoisotopic (exact) mass is 314 g/mol. The fourth-order valence-corrected chi connectivity index (χ4v) is 2.59. The lowest BCUT2D eigenvalue weighted by Crippen LogP contribution is -2.23. The molecule has 3 nitrogen and oxygen atoms in total. The van der Waals surface area contributed by atoms with Crippen LogP contribution in [0.15, 0.2) is 48.5 Å². The minimum absolute atomic E-state index is 0.680. The van der Waals surface area contributed by atoms with E-state index in [1.54, 1.807) is 24.3 Å². The zero-order chi connectivity index (χ0) is 15.5. The van der Waals surface area contributed by atoms with E-state index in [1.165, 1.54) is 12.1 Å². The number of alkyl halides is 3. The molecule has 2 aromatic carbocycles. The number of aliphatic hydroxyl groups is 2. The van der Waals surface area contributed by atoms with Gasteiger partial charge in [0.05, 0.1) is 5.56 Å². The first-order valence-corrected chi connectivity index (χ1v) is 7.39. The van der Waals surface area contributed by atoms with Crippen LogP contribution < -0.4 is 5.19 Å². The van der Waals surface area contributed by atoms with E-state index >= 15 is 0 Å². The van der Waals surface area contributed by atoms with E-state index in [4.69, 9.17) is 14.6 Å². The molecule has 0 fully saturated rings. The van der Waals surface area contributed by atoms with E-state index in [2.05, 4.69) is 0 Å². The molecule has 112 valence electrons. The molecule has 0 heterocycles. The van der Waals surface area contributed by atoms with Crippen molar-refractivity contribution in [1.82, 2.24) is 0 Å². The van der Waals surface area contributed by atoms with Crippen molar-refractivity contribution < 1.29 is 27.8 Å². The Hall–Kier alpha value is -1.67. The molecule has 0 bridgehead atoms. The van der Waals surface area contributed by atoms with Crippen LogP contribution in [-0.4, -0.2) is 26.5 Å². The third-order valence-corrected chi connectivity index (χ3v) is 4.17. The molecular weight excluding hydrogens is 301 g/mol. The molecule has 0 saturated carbocycles. The quantitative estimate of drug-likeness (QED) is 0.662. The Kier molecular flexibility index (Phi) is 4.79. The van der Waals surface area contributed by atoms with Gasteiger partial charge in [-0.15, -0.1) is 0 Å². The first-order valence-electron chi connectivity index (χ1n) is 6.10. The smallest absolute Gasteiger partial charge is 0.373 e. The second kappa shape index (κ2) is 6.40. The predicted molar refractivity (Wildman–Crippen MR) is 74.4 cm³/mol. The van der Waals surface area contributed by atoms with Crippen molar-refractivity contribution >= 4 is 14.9 Å². The van der Waals surface area contributed by atoms with Crippen molar-refractivity contribution in [2.45, 2.75) is 12.7 Å². The molecule has 0 aliphatic carbocycles. The van der Waals surface area contributed by atoms with Gasteiger partial charge in [0, 0.05) is 0 Å². The first kappa shape index (κ1) is 15.7. The maximum atomic E-state index is 12.5. The molecule has 0 radical (unpaired) electrons. The summed E-state index contributed by atoms with van der Waals surface area (Å²) in [5.74, 6) is 0. The summed E-state index contributed by atoms with van der Waals surface area (Å²) >= 11 is 0. The number of rotatable bonds is 4. The van der Waals surface area contributed by atoms with Gasteiger partial charge >= 0.3 is 6.18 Å². The molecule has 2 rings (SSSR count). The fraction of sp³-hybridized carbons (Fsp3) is 0.143. The van der Waals surface area contributed by atoms with Crippen molar-refractivity contribution in [3.8, 4) is 11.1 Å². The van der Waals surface area contributed by atoms with Crippen LogP contribution in [-0.2, 0) is 10.6 Å². The van der Waals surface area contributed by atoms with Crippen molar-refractivity contribution in [1.29, 1.82) is 0 Å². The van der Waals surface area contributed by atoms with Crippen LogP contribution >= 0.6 is 0 Å². The van der Waals surface area contributed by atoms with E-state index in [1.807, 2.05) is 0 Å².